The first-order chi connectivity index (χ1) is 6.24. The van der Waals surface area contributed by atoms with Crippen LogP contribution in [0.1, 0.15) is 12.8 Å². The van der Waals surface area contributed by atoms with Gasteiger partial charge >= 0.3 is 0 Å². The fourth-order valence-electron chi connectivity index (χ4n) is 1.11. The number of carboxylic acid groups (broad SMARTS) is 1. The molecule has 2 atom stereocenters. The second kappa shape index (κ2) is 5.29. The van der Waals surface area contributed by atoms with E-state index in [0.717, 1.165) is 17.4 Å². The van der Waals surface area contributed by atoms with Crippen molar-refractivity contribution in [1.82, 2.24) is 0 Å². The van der Waals surface area contributed by atoms with Crippen LogP contribution >= 0.6 is 0 Å². The summed E-state index contributed by atoms with van der Waals surface area (Å²) in [5.74, 6) is -1.40. The van der Waals surface area contributed by atoms with Gasteiger partial charge in [-0.15, -0.1) is 0 Å². The molecule has 0 aliphatic heterocycles. The third-order valence-electron chi connectivity index (χ3n) is 2.02. The quantitative estimate of drug-likeness (QED) is 0.486. The molecule has 0 saturated heterocycles. The van der Waals surface area contributed by atoms with Crippen molar-refractivity contribution in [3.8, 4) is 0 Å². The molecule has 5 heteroatoms. The van der Waals surface area contributed by atoms with Gasteiger partial charge in [0, 0.05) is 0 Å². The summed E-state index contributed by atoms with van der Waals surface area (Å²) in [5.41, 5.74) is 5.19. The van der Waals surface area contributed by atoms with E-state index < -0.39 is 18.1 Å². The molecule has 0 saturated carbocycles. The van der Waals surface area contributed by atoms with Crippen molar-refractivity contribution in [2.45, 2.75) is 25.0 Å². The first-order valence-electron chi connectivity index (χ1n) is 4.69. The smallest absolute Gasteiger partial charge is 0.0781 e. The zero-order valence-corrected chi connectivity index (χ0v) is 9.06. The SMILES string of the molecule is C[N+](C)(C)CCC[C@H](O)[C@H](N)C(=O)[O-]. The minimum atomic E-state index is -1.40. The van der Waals surface area contributed by atoms with Crippen LogP contribution in [-0.2, 0) is 4.79 Å². The first-order valence-corrected chi connectivity index (χ1v) is 4.69. The topological polar surface area (TPSA) is 86.4 Å². The number of hydrogen-bond donors (Lipinski definition) is 2. The van der Waals surface area contributed by atoms with Gasteiger partial charge in [-0.25, -0.2) is 0 Å². The Hall–Kier alpha value is -0.650. The van der Waals surface area contributed by atoms with Gasteiger partial charge in [0.05, 0.1) is 45.8 Å². The summed E-state index contributed by atoms with van der Waals surface area (Å²) in [6.45, 7) is 0.872. The molecule has 0 fully saturated rings. The molecule has 14 heavy (non-hydrogen) atoms. The number of rotatable bonds is 6. The van der Waals surface area contributed by atoms with E-state index in [2.05, 4.69) is 0 Å². The van der Waals surface area contributed by atoms with E-state index in [0.29, 0.717) is 6.42 Å². The van der Waals surface area contributed by atoms with Crippen molar-refractivity contribution in [3.63, 3.8) is 0 Å². The normalized spacial score (nSPS) is 16.4. The van der Waals surface area contributed by atoms with Crippen LogP contribution in [0.4, 0.5) is 0 Å². The lowest BCUT2D eigenvalue weighted by atomic mass is 10.1. The van der Waals surface area contributed by atoms with E-state index in [1.165, 1.54) is 0 Å². The molecule has 0 unspecified atom stereocenters. The Morgan fingerprint density at radius 1 is 1.50 bits per heavy atom. The summed E-state index contributed by atoms with van der Waals surface area (Å²) in [5, 5.41) is 19.6. The van der Waals surface area contributed by atoms with Crippen LogP contribution in [0.2, 0.25) is 0 Å². The van der Waals surface area contributed by atoms with E-state index in [4.69, 9.17) is 5.73 Å². The Labute approximate surface area is 84.7 Å². The number of carbonyl (C=O) groups is 1. The highest BCUT2D eigenvalue weighted by molar-refractivity contribution is 5.71. The van der Waals surface area contributed by atoms with Gasteiger partial charge in [-0.3, -0.25) is 0 Å². The lowest BCUT2D eigenvalue weighted by Gasteiger charge is -2.25. The fourth-order valence-corrected chi connectivity index (χ4v) is 1.11. The zero-order valence-electron chi connectivity index (χ0n) is 9.06. The Bertz CT molecular complexity index is 189. The molecule has 0 radical (unpaired) electrons. The Morgan fingerprint density at radius 3 is 2.36 bits per heavy atom. The second-order valence-corrected chi connectivity index (χ2v) is 4.57. The van der Waals surface area contributed by atoms with Crippen LogP contribution in [0.15, 0.2) is 0 Å². The van der Waals surface area contributed by atoms with Gasteiger partial charge in [-0.1, -0.05) is 0 Å². The molecule has 0 aliphatic carbocycles. The highest BCUT2D eigenvalue weighted by Gasteiger charge is 2.16. The molecule has 3 N–H and O–H groups in total. The number of hydrogen-bond acceptors (Lipinski definition) is 4. The molecule has 0 amide bonds. The number of carbonyl (C=O) groups excluding carboxylic acids is 1. The van der Waals surface area contributed by atoms with Crippen molar-refractivity contribution in [3.05, 3.63) is 0 Å². The Kier molecular flexibility index (Phi) is 5.04. The molecule has 0 aromatic rings. The van der Waals surface area contributed by atoms with Gasteiger partial charge in [0.25, 0.3) is 0 Å². The van der Waals surface area contributed by atoms with Crippen LogP contribution in [0.3, 0.4) is 0 Å². The average Bonchev–Trinajstić information content (AvgIpc) is 2.00. The minimum absolute atomic E-state index is 0.394. The summed E-state index contributed by atoms with van der Waals surface area (Å²) < 4.78 is 0.785. The van der Waals surface area contributed by atoms with E-state index >= 15 is 0 Å². The third kappa shape index (κ3) is 5.90. The van der Waals surface area contributed by atoms with Crippen molar-refractivity contribution in [2.24, 2.45) is 5.73 Å². The van der Waals surface area contributed by atoms with E-state index in [1.807, 2.05) is 21.1 Å². The maximum Gasteiger partial charge on any atom is 0.0781 e. The van der Waals surface area contributed by atoms with Gasteiger partial charge in [-0.05, 0) is 12.8 Å². The maximum absolute atomic E-state index is 10.3. The van der Waals surface area contributed by atoms with Crippen LogP contribution in [0.25, 0.3) is 0 Å². The van der Waals surface area contributed by atoms with Gasteiger partial charge in [0.1, 0.15) is 0 Å². The summed E-state index contributed by atoms with van der Waals surface area (Å²) in [7, 11) is 6.10. The molecular formula is C9H20N2O3. The van der Waals surface area contributed by atoms with E-state index in [-0.39, 0.29) is 0 Å². The number of nitrogens with two attached hydrogens (primary N) is 1. The molecule has 0 bridgehead atoms. The molecular weight excluding hydrogens is 184 g/mol. The standard InChI is InChI=1S/C9H20N2O3/c1-11(2,3)6-4-5-7(12)8(10)9(13)14/h7-8,12H,4-6,10H2,1-3H3/t7-,8-/m0/s1. The van der Waals surface area contributed by atoms with Gasteiger partial charge in [-0.2, -0.15) is 0 Å². The molecule has 84 valence electrons. The summed E-state index contributed by atoms with van der Waals surface area (Å²) >= 11 is 0. The van der Waals surface area contributed by atoms with Gasteiger partial charge in [0.2, 0.25) is 0 Å². The predicted octanol–water partition coefficient (Wildman–Crippen LogP) is -2.09. The third-order valence-corrected chi connectivity index (χ3v) is 2.02. The van der Waals surface area contributed by atoms with Crippen LogP contribution < -0.4 is 10.8 Å². The van der Waals surface area contributed by atoms with Crippen LogP contribution in [0, 0.1) is 0 Å². The number of aliphatic carboxylic acids is 1. The predicted molar refractivity (Wildman–Crippen MR) is 51.1 cm³/mol. The van der Waals surface area contributed by atoms with Gasteiger partial charge in [0.15, 0.2) is 0 Å². The molecule has 0 aliphatic rings. The maximum atomic E-state index is 10.3. The van der Waals surface area contributed by atoms with Crippen LogP contribution in [-0.4, -0.2) is 55.4 Å². The fraction of sp³-hybridized carbons (Fsp3) is 0.889. The Morgan fingerprint density at radius 2 is 2.00 bits per heavy atom. The largest absolute Gasteiger partial charge is 0.548 e. The second-order valence-electron chi connectivity index (χ2n) is 4.57. The number of nitrogens with zero attached hydrogens (tertiary/aromatic N) is 1. The molecule has 0 aromatic heterocycles. The number of aliphatic hydroxyl groups excluding tert-OH is 1. The van der Waals surface area contributed by atoms with Crippen molar-refractivity contribution >= 4 is 5.97 Å². The molecule has 0 rings (SSSR count). The lowest BCUT2D eigenvalue weighted by Crippen LogP contribution is -2.49. The van der Waals surface area contributed by atoms with E-state index in [1.54, 1.807) is 0 Å². The van der Waals surface area contributed by atoms with Crippen molar-refractivity contribution in [2.75, 3.05) is 27.7 Å². The number of carboxylic acids is 1. The molecule has 0 heterocycles. The summed E-state index contributed by atoms with van der Waals surface area (Å²) in [6.07, 6.45) is 0.127. The van der Waals surface area contributed by atoms with Crippen LogP contribution in [0.5, 0.6) is 0 Å². The summed E-state index contributed by atoms with van der Waals surface area (Å²) in [6, 6.07) is -1.28. The highest BCUT2D eigenvalue weighted by atomic mass is 16.4. The highest BCUT2D eigenvalue weighted by Crippen LogP contribution is 2.03. The molecule has 0 aromatic carbocycles. The minimum Gasteiger partial charge on any atom is -0.548 e. The number of quaternary nitrogens is 1. The number of aliphatic hydroxyl groups is 1. The molecule has 0 spiro atoms. The first kappa shape index (κ1) is 13.4. The molecule has 5 nitrogen and oxygen atoms in total. The van der Waals surface area contributed by atoms with Crippen molar-refractivity contribution in [1.29, 1.82) is 0 Å². The lowest BCUT2D eigenvalue weighted by molar-refractivity contribution is -0.870. The monoisotopic (exact) mass is 204 g/mol. The average molecular weight is 204 g/mol. The van der Waals surface area contributed by atoms with Gasteiger partial charge < -0.3 is 25.2 Å². The van der Waals surface area contributed by atoms with Crippen molar-refractivity contribution < 1.29 is 19.5 Å². The Balaban J connectivity index is 3.75. The van der Waals surface area contributed by atoms with E-state index in [9.17, 15) is 15.0 Å². The summed E-state index contributed by atoms with van der Waals surface area (Å²) in [4.78, 5) is 10.3. The zero-order chi connectivity index (χ0) is 11.4.